The molecule has 2 rings (SSSR count). The van der Waals surface area contributed by atoms with Crippen LogP contribution in [0, 0.1) is 5.92 Å². The van der Waals surface area contributed by atoms with Crippen molar-refractivity contribution < 1.29 is 5.11 Å². The highest BCUT2D eigenvalue weighted by Gasteiger charge is 2.24. The molecule has 0 spiro atoms. The van der Waals surface area contributed by atoms with Gasteiger partial charge in [0.25, 0.3) is 0 Å². The van der Waals surface area contributed by atoms with Gasteiger partial charge in [-0.1, -0.05) is 25.7 Å². The fourth-order valence-electron chi connectivity index (χ4n) is 3.01. The van der Waals surface area contributed by atoms with Crippen LogP contribution in [0.2, 0.25) is 0 Å². The summed E-state index contributed by atoms with van der Waals surface area (Å²) < 4.78 is 0. The van der Waals surface area contributed by atoms with E-state index in [1.807, 2.05) is 11.8 Å². The molecule has 2 nitrogen and oxygen atoms in total. The van der Waals surface area contributed by atoms with Gasteiger partial charge < -0.3 is 5.11 Å². The minimum absolute atomic E-state index is 0.0892. The second-order valence-corrected chi connectivity index (χ2v) is 6.61. The largest absolute Gasteiger partial charge is 0.392 e. The van der Waals surface area contributed by atoms with E-state index in [2.05, 4.69) is 11.8 Å². The molecule has 2 atom stereocenters. The summed E-state index contributed by atoms with van der Waals surface area (Å²) in [5.74, 6) is 3.28. The van der Waals surface area contributed by atoms with E-state index < -0.39 is 0 Å². The van der Waals surface area contributed by atoms with Gasteiger partial charge in [-0.25, -0.2) is 0 Å². The first-order chi connectivity index (χ1) is 7.75. The van der Waals surface area contributed by atoms with E-state index >= 15 is 0 Å². The summed E-state index contributed by atoms with van der Waals surface area (Å²) in [6.07, 6.45) is 6.41. The monoisotopic (exact) mass is 243 g/mol. The molecule has 94 valence electrons. The maximum Gasteiger partial charge on any atom is 0.0669 e. The third-order valence-electron chi connectivity index (χ3n) is 4.03. The van der Waals surface area contributed by atoms with Crippen LogP contribution in [-0.4, -0.2) is 46.7 Å². The molecular weight excluding hydrogens is 218 g/mol. The number of β-amino-alcohol motifs (C(OH)–C–C–N with tert-alkyl or cyclic N) is 1. The third-order valence-corrected chi connectivity index (χ3v) is 5.22. The van der Waals surface area contributed by atoms with Gasteiger partial charge >= 0.3 is 0 Å². The number of thioether (sulfide) groups is 1. The van der Waals surface area contributed by atoms with Crippen molar-refractivity contribution in [3.8, 4) is 0 Å². The quantitative estimate of drug-likeness (QED) is 0.820. The Morgan fingerprint density at radius 2 is 2.12 bits per heavy atom. The van der Waals surface area contributed by atoms with Gasteiger partial charge in [0, 0.05) is 30.6 Å². The molecule has 0 amide bonds. The first-order valence-corrected chi connectivity index (χ1v) is 7.91. The van der Waals surface area contributed by atoms with Crippen molar-refractivity contribution in [2.75, 3.05) is 24.6 Å². The molecule has 0 radical (unpaired) electrons. The Morgan fingerprint density at radius 1 is 1.38 bits per heavy atom. The minimum atomic E-state index is -0.0892. The molecule has 0 bridgehead atoms. The lowest BCUT2D eigenvalue weighted by atomic mass is 9.99. The molecule has 0 aromatic carbocycles. The van der Waals surface area contributed by atoms with E-state index in [1.165, 1.54) is 37.2 Å². The Kier molecular flexibility index (Phi) is 4.98. The average Bonchev–Trinajstić information content (AvgIpc) is 2.74. The highest BCUT2D eigenvalue weighted by molar-refractivity contribution is 7.99. The Hall–Kier alpha value is 0.270. The summed E-state index contributed by atoms with van der Waals surface area (Å²) in [6, 6.07) is 0.650. The van der Waals surface area contributed by atoms with Crippen LogP contribution in [0.25, 0.3) is 0 Å². The van der Waals surface area contributed by atoms with Crippen molar-refractivity contribution in [3.63, 3.8) is 0 Å². The summed E-state index contributed by atoms with van der Waals surface area (Å²) >= 11 is 2.04. The van der Waals surface area contributed by atoms with E-state index in [1.54, 1.807) is 0 Å². The molecule has 1 aliphatic carbocycles. The molecule has 1 heterocycles. The zero-order chi connectivity index (χ0) is 11.4. The average molecular weight is 243 g/mol. The smallest absolute Gasteiger partial charge is 0.0669 e. The zero-order valence-corrected chi connectivity index (χ0v) is 11.2. The van der Waals surface area contributed by atoms with Crippen molar-refractivity contribution in [2.45, 2.75) is 51.2 Å². The number of hydrogen-bond donors (Lipinski definition) is 1. The SMILES string of the molecule is CC1CSCCN1CC(O)CC1CCCC1. The standard InChI is InChI=1S/C13H25NOS/c1-11-10-16-7-6-14(11)9-13(15)8-12-4-2-3-5-12/h11-13,15H,2-10H2,1H3. The molecule has 2 aliphatic rings. The number of hydrogen-bond acceptors (Lipinski definition) is 3. The van der Waals surface area contributed by atoms with Gasteiger partial charge in [-0.2, -0.15) is 11.8 Å². The second-order valence-electron chi connectivity index (χ2n) is 5.46. The predicted octanol–water partition coefficient (Wildman–Crippen LogP) is 2.36. The summed E-state index contributed by atoms with van der Waals surface area (Å²) in [7, 11) is 0. The van der Waals surface area contributed by atoms with Crippen LogP contribution in [-0.2, 0) is 0 Å². The maximum atomic E-state index is 10.1. The predicted molar refractivity (Wildman–Crippen MR) is 70.9 cm³/mol. The van der Waals surface area contributed by atoms with E-state index in [-0.39, 0.29) is 6.10 Å². The molecule has 1 N–H and O–H groups in total. The van der Waals surface area contributed by atoms with Crippen LogP contribution >= 0.6 is 11.8 Å². The van der Waals surface area contributed by atoms with Crippen LogP contribution < -0.4 is 0 Å². The molecule has 1 saturated heterocycles. The summed E-state index contributed by atoms with van der Waals surface area (Å²) in [6.45, 7) is 4.35. The summed E-state index contributed by atoms with van der Waals surface area (Å²) in [5.41, 5.74) is 0. The van der Waals surface area contributed by atoms with Crippen molar-refractivity contribution >= 4 is 11.8 Å². The van der Waals surface area contributed by atoms with Gasteiger partial charge in [0.15, 0.2) is 0 Å². The van der Waals surface area contributed by atoms with E-state index in [0.717, 1.165) is 25.4 Å². The molecule has 0 aromatic heterocycles. The van der Waals surface area contributed by atoms with Gasteiger partial charge in [-0.3, -0.25) is 4.90 Å². The molecular formula is C13H25NOS. The highest BCUT2D eigenvalue weighted by atomic mass is 32.2. The van der Waals surface area contributed by atoms with Crippen molar-refractivity contribution in [3.05, 3.63) is 0 Å². The highest BCUT2D eigenvalue weighted by Crippen LogP contribution is 2.29. The second kappa shape index (κ2) is 6.27. The number of nitrogens with zero attached hydrogens (tertiary/aromatic N) is 1. The Balaban J connectivity index is 1.70. The van der Waals surface area contributed by atoms with Crippen molar-refractivity contribution in [1.82, 2.24) is 4.90 Å². The molecule has 1 saturated carbocycles. The summed E-state index contributed by atoms with van der Waals surface area (Å²) in [5, 5.41) is 10.1. The Morgan fingerprint density at radius 3 is 2.81 bits per heavy atom. The Bertz CT molecular complexity index is 206. The van der Waals surface area contributed by atoms with Crippen LogP contribution in [0.1, 0.15) is 39.0 Å². The lowest BCUT2D eigenvalue weighted by Gasteiger charge is -2.34. The van der Waals surface area contributed by atoms with Gasteiger partial charge in [0.05, 0.1) is 6.10 Å². The van der Waals surface area contributed by atoms with Crippen LogP contribution in [0.15, 0.2) is 0 Å². The topological polar surface area (TPSA) is 23.5 Å². The van der Waals surface area contributed by atoms with E-state index in [0.29, 0.717) is 6.04 Å². The number of aliphatic hydroxyl groups is 1. The van der Waals surface area contributed by atoms with E-state index in [4.69, 9.17) is 0 Å². The third kappa shape index (κ3) is 3.64. The number of aliphatic hydroxyl groups excluding tert-OH is 1. The zero-order valence-electron chi connectivity index (χ0n) is 10.4. The molecule has 16 heavy (non-hydrogen) atoms. The van der Waals surface area contributed by atoms with E-state index in [9.17, 15) is 5.11 Å². The van der Waals surface area contributed by atoms with Gasteiger partial charge in [0.2, 0.25) is 0 Å². The fraction of sp³-hybridized carbons (Fsp3) is 1.00. The normalized spacial score (nSPS) is 30.8. The van der Waals surface area contributed by atoms with Gasteiger partial charge in [-0.15, -0.1) is 0 Å². The first-order valence-electron chi connectivity index (χ1n) is 6.75. The van der Waals surface area contributed by atoms with Gasteiger partial charge in [0.1, 0.15) is 0 Å². The molecule has 0 aromatic rings. The lowest BCUT2D eigenvalue weighted by molar-refractivity contribution is 0.0799. The molecule has 3 heteroatoms. The van der Waals surface area contributed by atoms with Crippen molar-refractivity contribution in [2.24, 2.45) is 5.92 Å². The minimum Gasteiger partial charge on any atom is -0.392 e. The maximum absolute atomic E-state index is 10.1. The summed E-state index contributed by atoms with van der Waals surface area (Å²) in [4.78, 5) is 2.47. The van der Waals surface area contributed by atoms with Gasteiger partial charge in [-0.05, 0) is 19.3 Å². The molecule has 1 aliphatic heterocycles. The van der Waals surface area contributed by atoms with Crippen LogP contribution in [0.3, 0.4) is 0 Å². The first kappa shape index (κ1) is 12.7. The molecule has 2 fully saturated rings. The lowest BCUT2D eigenvalue weighted by Crippen LogP contribution is -2.44. The Labute approximate surface area is 104 Å². The van der Waals surface area contributed by atoms with Crippen LogP contribution in [0.4, 0.5) is 0 Å². The molecule has 2 unspecified atom stereocenters. The van der Waals surface area contributed by atoms with Crippen molar-refractivity contribution in [1.29, 1.82) is 0 Å². The van der Waals surface area contributed by atoms with Crippen LogP contribution in [0.5, 0.6) is 0 Å². The fourth-order valence-corrected chi connectivity index (χ4v) is 4.09. The number of rotatable bonds is 4.